The van der Waals surface area contributed by atoms with Crippen molar-refractivity contribution in [1.29, 1.82) is 0 Å². The van der Waals surface area contributed by atoms with Crippen LogP contribution in [0.3, 0.4) is 0 Å². The summed E-state index contributed by atoms with van der Waals surface area (Å²) in [5, 5.41) is 13.7. The van der Waals surface area contributed by atoms with Gasteiger partial charge in [-0.3, -0.25) is 4.79 Å². The number of piperidine rings is 2. The summed E-state index contributed by atoms with van der Waals surface area (Å²) < 4.78 is 0. The average molecular weight is 268 g/mol. The Kier molecular flexibility index (Phi) is 4.85. The largest absolute Gasteiger partial charge is 0.388 e. The minimum Gasteiger partial charge on any atom is -0.388 e. The van der Waals surface area contributed by atoms with E-state index in [4.69, 9.17) is 0 Å². The highest BCUT2D eigenvalue weighted by Gasteiger charge is 2.37. The molecule has 0 spiro atoms. The summed E-state index contributed by atoms with van der Waals surface area (Å²) in [5.74, 6) is 0.144. The van der Waals surface area contributed by atoms with Gasteiger partial charge in [0, 0.05) is 18.6 Å². The van der Waals surface area contributed by atoms with E-state index in [0.717, 1.165) is 38.6 Å². The predicted octanol–water partition coefficient (Wildman–Crippen LogP) is 1.67. The fraction of sp³-hybridized carbons (Fsp3) is 0.933. The molecule has 1 unspecified atom stereocenters. The maximum Gasteiger partial charge on any atom is 0.226 e. The first-order valence-electron chi connectivity index (χ1n) is 7.80. The molecule has 0 aliphatic carbocycles. The molecule has 2 aliphatic rings. The number of amides is 1. The fourth-order valence-corrected chi connectivity index (χ4v) is 3.61. The minimum atomic E-state index is -0.829. The summed E-state index contributed by atoms with van der Waals surface area (Å²) in [6.45, 7) is 5.80. The van der Waals surface area contributed by atoms with E-state index in [1.807, 2.05) is 0 Å². The lowest BCUT2D eigenvalue weighted by atomic mass is 9.88. The molecule has 4 nitrogen and oxygen atoms in total. The van der Waals surface area contributed by atoms with E-state index in [-0.39, 0.29) is 12.3 Å². The van der Waals surface area contributed by atoms with E-state index in [1.54, 1.807) is 0 Å². The maximum absolute atomic E-state index is 12.6. The molecular weight excluding hydrogens is 240 g/mol. The van der Waals surface area contributed by atoms with Crippen molar-refractivity contribution in [2.45, 2.75) is 76.5 Å². The number of carbonyl (C=O) groups is 1. The van der Waals surface area contributed by atoms with Crippen molar-refractivity contribution in [3.05, 3.63) is 0 Å². The lowest BCUT2D eigenvalue weighted by Gasteiger charge is -2.42. The third kappa shape index (κ3) is 3.48. The average Bonchev–Trinajstić information content (AvgIpc) is 2.38. The van der Waals surface area contributed by atoms with Crippen LogP contribution in [0.25, 0.3) is 0 Å². The molecule has 0 bridgehead atoms. The minimum absolute atomic E-state index is 0.144. The Morgan fingerprint density at radius 3 is 2.84 bits per heavy atom. The molecule has 2 aliphatic heterocycles. The van der Waals surface area contributed by atoms with Crippen LogP contribution in [-0.4, -0.2) is 46.7 Å². The van der Waals surface area contributed by atoms with Crippen LogP contribution < -0.4 is 5.32 Å². The Morgan fingerprint density at radius 2 is 2.21 bits per heavy atom. The molecule has 19 heavy (non-hydrogen) atoms. The van der Waals surface area contributed by atoms with Gasteiger partial charge in [-0.25, -0.2) is 0 Å². The number of rotatable bonds is 3. The van der Waals surface area contributed by atoms with Gasteiger partial charge in [-0.05, 0) is 52.0 Å². The van der Waals surface area contributed by atoms with Gasteiger partial charge in [0.05, 0.1) is 12.0 Å². The number of nitrogens with zero attached hydrogens (tertiary/aromatic N) is 1. The molecule has 0 aromatic heterocycles. The number of β-amino-alcohol motifs (C(OH)–C–C–N with tert-alkyl or cyclic N) is 1. The fourth-order valence-electron chi connectivity index (χ4n) is 3.61. The molecule has 3 atom stereocenters. The summed E-state index contributed by atoms with van der Waals surface area (Å²) in [6, 6.07) is 0.697. The molecule has 0 radical (unpaired) electrons. The number of aliphatic hydroxyl groups is 1. The van der Waals surface area contributed by atoms with E-state index in [2.05, 4.69) is 24.1 Å². The van der Waals surface area contributed by atoms with E-state index < -0.39 is 5.60 Å². The molecule has 0 saturated carbocycles. The van der Waals surface area contributed by atoms with Crippen LogP contribution in [0.15, 0.2) is 0 Å². The zero-order chi connectivity index (χ0) is 13.9. The van der Waals surface area contributed by atoms with E-state index in [0.29, 0.717) is 18.6 Å². The van der Waals surface area contributed by atoms with Crippen molar-refractivity contribution in [3.63, 3.8) is 0 Å². The molecule has 1 amide bonds. The van der Waals surface area contributed by atoms with E-state index in [9.17, 15) is 9.90 Å². The number of hydrogen-bond donors (Lipinski definition) is 2. The molecule has 2 N–H and O–H groups in total. The third-order valence-electron chi connectivity index (χ3n) is 4.72. The van der Waals surface area contributed by atoms with Gasteiger partial charge in [0.25, 0.3) is 0 Å². The topological polar surface area (TPSA) is 52.6 Å². The number of carbonyl (C=O) groups excluding carboxylic acids is 1. The number of nitrogens with one attached hydrogen (secondary N) is 1. The molecule has 4 heteroatoms. The molecule has 2 heterocycles. The van der Waals surface area contributed by atoms with E-state index in [1.165, 1.54) is 6.42 Å². The first kappa shape index (κ1) is 14.8. The van der Waals surface area contributed by atoms with Crippen LogP contribution in [0.1, 0.15) is 58.8 Å². The van der Waals surface area contributed by atoms with Crippen molar-refractivity contribution in [1.82, 2.24) is 10.2 Å². The highest BCUT2D eigenvalue weighted by Crippen LogP contribution is 2.28. The third-order valence-corrected chi connectivity index (χ3v) is 4.72. The van der Waals surface area contributed by atoms with Gasteiger partial charge >= 0.3 is 0 Å². The predicted molar refractivity (Wildman–Crippen MR) is 75.9 cm³/mol. The second kappa shape index (κ2) is 6.23. The molecular formula is C15H28N2O2. The zero-order valence-corrected chi connectivity index (χ0v) is 12.3. The normalized spacial score (nSPS) is 36.3. The van der Waals surface area contributed by atoms with Gasteiger partial charge < -0.3 is 15.3 Å². The number of likely N-dealkylation sites (tertiary alicyclic amines) is 1. The second-order valence-corrected chi connectivity index (χ2v) is 6.32. The van der Waals surface area contributed by atoms with Crippen LogP contribution in [0, 0.1) is 0 Å². The molecule has 0 aromatic rings. The Balaban J connectivity index is 2.00. The Hall–Kier alpha value is -0.610. The van der Waals surface area contributed by atoms with Crippen LogP contribution >= 0.6 is 0 Å². The summed E-state index contributed by atoms with van der Waals surface area (Å²) in [5.41, 5.74) is -0.829. The summed E-state index contributed by atoms with van der Waals surface area (Å²) in [4.78, 5) is 14.6. The summed E-state index contributed by atoms with van der Waals surface area (Å²) in [6.07, 6.45) is 6.42. The summed E-state index contributed by atoms with van der Waals surface area (Å²) >= 11 is 0. The Labute approximate surface area is 116 Å². The van der Waals surface area contributed by atoms with Crippen LogP contribution in [0.2, 0.25) is 0 Å². The quantitative estimate of drug-likeness (QED) is 0.818. The van der Waals surface area contributed by atoms with Crippen molar-refractivity contribution in [2.75, 3.05) is 13.1 Å². The number of hydrogen-bond acceptors (Lipinski definition) is 3. The Morgan fingerprint density at radius 1 is 1.42 bits per heavy atom. The van der Waals surface area contributed by atoms with Crippen molar-refractivity contribution in [2.24, 2.45) is 0 Å². The van der Waals surface area contributed by atoms with Crippen LogP contribution in [0.4, 0.5) is 0 Å². The SMILES string of the molecule is CC[C@@H]1CCC[C@H](C)N1C(=O)CC1(O)CCCNC1. The van der Waals surface area contributed by atoms with Gasteiger partial charge in [-0.15, -0.1) is 0 Å². The lowest BCUT2D eigenvalue weighted by molar-refractivity contribution is -0.143. The van der Waals surface area contributed by atoms with Crippen molar-refractivity contribution < 1.29 is 9.90 Å². The maximum atomic E-state index is 12.6. The highest BCUT2D eigenvalue weighted by molar-refractivity contribution is 5.78. The Bertz CT molecular complexity index is 313. The molecule has 110 valence electrons. The molecule has 0 aromatic carbocycles. The van der Waals surface area contributed by atoms with Crippen LogP contribution in [-0.2, 0) is 4.79 Å². The van der Waals surface area contributed by atoms with Gasteiger partial charge in [-0.1, -0.05) is 6.92 Å². The van der Waals surface area contributed by atoms with Crippen LogP contribution in [0.5, 0.6) is 0 Å². The zero-order valence-electron chi connectivity index (χ0n) is 12.3. The van der Waals surface area contributed by atoms with Gasteiger partial charge in [0.2, 0.25) is 5.91 Å². The first-order chi connectivity index (χ1) is 9.06. The van der Waals surface area contributed by atoms with Gasteiger partial charge in [0.15, 0.2) is 0 Å². The molecule has 2 rings (SSSR count). The van der Waals surface area contributed by atoms with Gasteiger partial charge in [0.1, 0.15) is 0 Å². The summed E-state index contributed by atoms with van der Waals surface area (Å²) in [7, 11) is 0. The first-order valence-corrected chi connectivity index (χ1v) is 7.80. The monoisotopic (exact) mass is 268 g/mol. The van der Waals surface area contributed by atoms with Crippen molar-refractivity contribution in [3.8, 4) is 0 Å². The van der Waals surface area contributed by atoms with Gasteiger partial charge in [-0.2, -0.15) is 0 Å². The highest BCUT2D eigenvalue weighted by atomic mass is 16.3. The molecule has 2 fully saturated rings. The molecule has 2 saturated heterocycles. The smallest absolute Gasteiger partial charge is 0.226 e. The lowest BCUT2D eigenvalue weighted by Crippen LogP contribution is -2.53. The van der Waals surface area contributed by atoms with Crippen molar-refractivity contribution >= 4 is 5.91 Å². The standard InChI is InChI=1S/C15H28N2O2/c1-3-13-7-4-6-12(2)17(13)14(18)10-15(19)8-5-9-16-11-15/h12-13,16,19H,3-11H2,1-2H3/t12-,13+,15?/m0/s1. The van der Waals surface area contributed by atoms with E-state index >= 15 is 0 Å². The second-order valence-electron chi connectivity index (χ2n) is 6.32.